The first kappa shape index (κ1) is 18.5. The molecule has 0 saturated heterocycles. The Hall–Kier alpha value is -2.86. The van der Waals surface area contributed by atoms with Crippen LogP contribution in [0, 0.1) is 12.8 Å². The summed E-state index contributed by atoms with van der Waals surface area (Å²) in [6.07, 6.45) is 0. The minimum atomic E-state index is -0.989. The molecular weight excluding hydrogens is 372 g/mol. The molecule has 5 nitrogen and oxygen atoms in total. The number of aryl methyl sites for hydroxylation is 1. The maximum atomic E-state index is 13.4. The molecular formula is C22H22N2O3S. The highest BCUT2D eigenvalue weighted by molar-refractivity contribution is 7.17. The van der Waals surface area contributed by atoms with Crippen molar-refractivity contribution >= 4 is 38.4 Å². The standard InChI is InChI=1S/C22H22N2O3S/c1-13(2)20(21(25)26)24-17-9-5-4-8-16(17)23(22(24)27)11-15-12-28-18-10-6-7-14(3)19(15)18/h4-10,12-13,20H,11H2,1-3H3,(H,25,26)/t20-/m0/s1. The number of carboxylic acids is 1. The molecule has 4 aromatic rings. The summed E-state index contributed by atoms with van der Waals surface area (Å²) >= 11 is 1.67. The van der Waals surface area contributed by atoms with E-state index in [1.165, 1.54) is 20.2 Å². The van der Waals surface area contributed by atoms with Crippen molar-refractivity contribution in [1.82, 2.24) is 9.13 Å². The maximum absolute atomic E-state index is 13.4. The van der Waals surface area contributed by atoms with Gasteiger partial charge in [-0.25, -0.2) is 9.59 Å². The van der Waals surface area contributed by atoms with Gasteiger partial charge in [-0.1, -0.05) is 38.1 Å². The second-order valence-electron chi connectivity index (χ2n) is 7.46. The van der Waals surface area contributed by atoms with Crippen molar-refractivity contribution in [2.75, 3.05) is 0 Å². The molecule has 0 unspecified atom stereocenters. The third kappa shape index (κ3) is 2.85. The smallest absolute Gasteiger partial charge is 0.330 e. The molecule has 0 aliphatic rings. The Balaban J connectivity index is 1.94. The number of carboxylic acid groups (broad SMARTS) is 1. The number of thiophene rings is 1. The van der Waals surface area contributed by atoms with Crippen LogP contribution in [0.1, 0.15) is 31.0 Å². The Morgan fingerprint density at radius 2 is 1.82 bits per heavy atom. The topological polar surface area (TPSA) is 64.2 Å². The molecule has 2 heterocycles. The number of aliphatic carboxylic acids is 1. The van der Waals surface area contributed by atoms with Gasteiger partial charge in [0.2, 0.25) is 0 Å². The van der Waals surface area contributed by atoms with E-state index in [0.717, 1.165) is 11.1 Å². The van der Waals surface area contributed by atoms with Crippen LogP contribution in [0.3, 0.4) is 0 Å². The first-order valence-electron chi connectivity index (χ1n) is 9.28. The fraction of sp³-hybridized carbons (Fsp3) is 0.273. The monoisotopic (exact) mass is 394 g/mol. The summed E-state index contributed by atoms with van der Waals surface area (Å²) in [6.45, 7) is 6.14. The molecule has 0 radical (unpaired) electrons. The molecule has 0 saturated carbocycles. The summed E-state index contributed by atoms with van der Waals surface area (Å²) in [5.74, 6) is -1.20. The molecule has 0 amide bonds. The fourth-order valence-corrected chi connectivity index (χ4v) is 5.01. The van der Waals surface area contributed by atoms with Gasteiger partial charge in [0, 0.05) is 10.1 Å². The largest absolute Gasteiger partial charge is 0.480 e. The summed E-state index contributed by atoms with van der Waals surface area (Å²) in [4.78, 5) is 25.3. The number of rotatable bonds is 5. The second-order valence-corrected chi connectivity index (χ2v) is 8.37. The summed E-state index contributed by atoms with van der Waals surface area (Å²) in [7, 11) is 0. The van der Waals surface area contributed by atoms with Crippen LogP contribution in [0.25, 0.3) is 21.1 Å². The van der Waals surface area contributed by atoms with Crippen LogP contribution in [0.4, 0.5) is 0 Å². The molecule has 0 spiro atoms. The van der Waals surface area contributed by atoms with E-state index in [4.69, 9.17) is 0 Å². The first-order chi connectivity index (χ1) is 13.4. The molecule has 0 aliphatic heterocycles. The Morgan fingerprint density at radius 1 is 1.11 bits per heavy atom. The molecule has 4 rings (SSSR count). The fourth-order valence-electron chi connectivity index (χ4n) is 3.98. The van der Waals surface area contributed by atoms with Crippen LogP contribution < -0.4 is 5.69 Å². The highest BCUT2D eigenvalue weighted by Gasteiger charge is 2.29. The van der Waals surface area contributed by atoms with Crippen molar-refractivity contribution in [3.8, 4) is 0 Å². The van der Waals surface area contributed by atoms with Crippen LogP contribution in [0.2, 0.25) is 0 Å². The lowest BCUT2D eigenvalue weighted by atomic mass is 10.0. The first-order valence-corrected chi connectivity index (χ1v) is 10.2. The quantitative estimate of drug-likeness (QED) is 0.536. The van der Waals surface area contributed by atoms with Gasteiger partial charge in [0.25, 0.3) is 0 Å². The van der Waals surface area contributed by atoms with Gasteiger partial charge < -0.3 is 5.11 Å². The molecule has 2 aromatic heterocycles. The second kappa shape index (κ2) is 6.95. The highest BCUT2D eigenvalue weighted by atomic mass is 32.1. The Labute approximate surface area is 166 Å². The molecule has 28 heavy (non-hydrogen) atoms. The lowest BCUT2D eigenvalue weighted by Crippen LogP contribution is -2.34. The van der Waals surface area contributed by atoms with E-state index in [-0.39, 0.29) is 11.6 Å². The van der Waals surface area contributed by atoms with Crippen molar-refractivity contribution in [3.63, 3.8) is 0 Å². The van der Waals surface area contributed by atoms with E-state index < -0.39 is 12.0 Å². The van der Waals surface area contributed by atoms with Crippen LogP contribution in [-0.2, 0) is 11.3 Å². The van der Waals surface area contributed by atoms with E-state index in [9.17, 15) is 14.7 Å². The lowest BCUT2D eigenvalue weighted by Gasteiger charge is -2.17. The molecule has 144 valence electrons. The number of carbonyl (C=O) groups is 1. The number of para-hydroxylation sites is 2. The molecule has 0 bridgehead atoms. The Morgan fingerprint density at radius 3 is 2.50 bits per heavy atom. The van der Waals surface area contributed by atoms with Gasteiger partial charge in [0.05, 0.1) is 17.6 Å². The van der Waals surface area contributed by atoms with Gasteiger partial charge in [-0.3, -0.25) is 9.13 Å². The minimum absolute atomic E-state index is 0.210. The van der Waals surface area contributed by atoms with Gasteiger partial charge in [-0.2, -0.15) is 0 Å². The van der Waals surface area contributed by atoms with Crippen LogP contribution in [-0.4, -0.2) is 20.2 Å². The van der Waals surface area contributed by atoms with E-state index in [1.54, 1.807) is 15.9 Å². The molecule has 0 fully saturated rings. The van der Waals surface area contributed by atoms with E-state index in [2.05, 4.69) is 24.4 Å². The highest BCUT2D eigenvalue weighted by Crippen LogP contribution is 2.30. The van der Waals surface area contributed by atoms with Crippen LogP contribution in [0.15, 0.2) is 52.6 Å². The third-order valence-electron chi connectivity index (χ3n) is 5.24. The average molecular weight is 394 g/mol. The van der Waals surface area contributed by atoms with Crippen LogP contribution >= 0.6 is 11.3 Å². The summed E-state index contributed by atoms with van der Waals surface area (Å²) in [5, 5.41) is 13.0. The van der Waals surface area contributed by atoms with Crippen molar-refractivity contribution in [1.29, 1.82) is 0 Å². The van der Waals surface area contributed by atoms with Gasteiger partial charge in [0.15, 0.2) is 0 Å². The summed E-state index contributed by atoms with van der Waals surface area (Å²) < 4.78 is 4.32. The van der Waals surface area contributed by atoms with Crippen molar-refractivity contribution in [2.45, 2.75) is 33.4 Å². The van der Waals surface area contributed by atoms with Crippen molar-refractivity contribution in [3.05, 3.63) is 69.5 Å². The zero-order chi connectivity index (χ0) is 20.0. The SMILES string of the molecule is Cc1cccc2scc(Cn3c(=O)n([C@H](C(=O)O)C(C)C)c4ccccc43)c12. The van der Waals surface area contributed by atoms with Gasteiger partial charge in [-0.05, 0) is 47.5 Å². The summed E-state index contributed by atoms with van der Waals surface area (Å²) in [5.41, 5.74) is 3.39. The number of imidazole rings is 1. The maximum Gasteiger partial charge on any atom is 0.330 e. The summed E-state index contributed by atoms with van der Waals surface area (Å²) in [6, 6.07) is 12.7. The number of nitrogens with zero attached hydrogens (tertiary/aromatic N) is 2. The minimum Gasteiger partial charge on any atom is -0.480 e. The Bertz CT molecular complexity index is 1250. The number of hydrogen-bond donors (Lipinski definition) is 1. The Kier molecular flexibility index (Phi) is 4.59. The van der Waals surface area contributed by atoms with Gasteiger partial charge in [-0.15, -0.1) is 11.3 Å². The van der Waals surface area contributed by atoms with E-state index in [0.29, 0.717) is 12.1 Å². The van der Waals surface area contributed by atoms with E-state index >= 15 is 0 Å². The average Bonchev–Trinajstić information content (AvgIpc) is 3.17. The predicted octanol–water partition coefficient (Wildman–Crippen LogP) is 4.66. The lowest BCUT2D eigenvalue weighted by molar-refractivity contribution is -0.142. The van der Waals surface area contributed by atoms with Crippen molar-refractivity contribution in [2.24, 2.45) is 5.92 Å². The van der Waals surface area contributed by atoms with Gasteiger partial charge >= 0.3 is 11.7 Å². The van der Waals surface area contributed by atoms with Gasteiger partial charge in [0.1, 0.15) is 6.04 Å². The molecule has 1 N–H and O–H groups in total. The van der Waals surface area contributed by atoms with E-state index in [1.807, 2.05) is 44.2 Å². The third-order valence-corrected chi connectivity index (χ3v) is 6.24. The number of aromatic nitrogens is 2. The zero-order valence-electron chi connectivity index (χ0n) is 16.0. The molecule has 6 heteroatoms. The predicted molar refractivity (Wildman–Crippen MR) is 113 cm³/mol. The molecule has 1 atom stereocenters. The van der Waals surface area contributed by atoms with Crippen LogP contribution in [0.5, 0.6) is 0 Å². The number of fused-ring (bicyclic) bond motifs is 2. The molecule has 2 aromatic carbocycles. The number of hydrogen-bond acceptors (Lipinski definition) is 3. The number of benzene rings is 2. The molecule has 0 aliphatic carbocycles. The normalized spacial score (nSPS) is 12.9. The van der Waals surface area contributed by atoms with Crippen molar-refractivity contribution < 1.29 is 9.90 Å². The zero-order valence-corrected chi connectivity index (χ0v) is 16.9.